The van der Waals surface area contributed by atoms with Crippen molar-refractivity contribution in [2.75, 3.05) is 4.43 Å². The Kier molecular flexibility index (Phi) is 2.84. The zero-order chi connectivity index (χ0) is 4.28. The Balaban J connectivity index is 2.85. The minimum Gasteiger partial charge on any atom is -0.299 e. The summed E-state index contributed by atoms with van der Waals surface area (Å²) >= 11 is 2.03. The molecular formula is C3H5IO. The fourth-order valence-corrected chi connectivity index (χ4v) is 0. The summed E-state index contributed by atoms with van der Waals surface area (Å²) in [4.78, 5) is 9.80. The van der Waals surface area contributed by atoms with Gasteiger partial charge in [-0.15, -0.1) is 0 Å². The molecule has 0 atom stereocenters. The molecule has 0 spiro atoms. The Labute approximate surface area is 44.9 Å². The topological polar surface area (TPSA) is 17.1 Å². The third-order valence-corrected chi connectivity index (χ3v) is 1.26. The molecule has 0 aromatic rings. The zero-order valence-corrected chi connectivity index (χ0v) is 5.15. The normalized spacial score (nSPS) is 7.60. The lowest BCUT2D eigenvalue weighted by atomic mass is 10.5. The van der Waals surface area contributed by atoms with Gasteiger partial charge in [0.2, 0.25) is 0 Å². The van der Waals surface area contributed by atoms with E-state index in [-0.39, 0.29) is 5.78 Å². The highest BCUT2D eigenvalue weighted by molar-refractivity contribution is 14.1. The number of hydrogen-bond acceptors (Lipinski definition) is 1. The van der Waals surface area contributed by atoms with Gasteiger partial charge in [-0.3, -0.25) is 4.79 Å². The predicted octanol–water partition coefficient (Wildman–Crippen LogP) is 1.01. The van der Waals surface area contributed by atoms with E-state index in [1.165, 1.54) is 0 Å². The second-order valence-corrected chi connectivity index (χ2v) is 1.60. The van der Waals surface area contributed by atoms with Crippen molar-refractivity contribution in [1.29, 1.82) is 0 Å². The fraction of sp³-hybridized carbons (Fsp3) is 0.667. The third-order valence-electron chi connectivity index (χ3n) is 0.188. The van der Waals surface area contributed by atoms with E-state index in [0.29, 0.717) is 4.43 Å². The average Bonchev–Trinajstić information content (AvgIpc) is 1.38. The molecule has 0 radical (unpaired) electrons. The molecule has 0 aromatic carbocycles. The molecule has 2 heteroatoms. The van der Waals surface area contributed by atoms with Gasteiger partial charge in [0.25, 0.3) is 0 Å². The first-order valence-electron chi connectivity index (χ1n) is 1.32. The summed E-state index contributed by atoms with van der Waals surface area (Å²) in [5.74, 6) is 0.241. The number of carbonyl (C=O) groups is 1. The minimum absolute atomic E-state index is 0.241. The highest BCUT2D eigenvalue weighted by atomic mass is 127. The van der Waals surface area contributed by atoms with Gasteiger partial charge in [-0.1, -0.05) is 22.6 Å². The molecule has 0 amide bonds. The predicted molar refractivity (Wildman–Crippen MR) is 29.6 cm³/mol. The van der Waals surface area contributed by atoms with Gasteiger partial charge < -0.3 is 0 Å². The SMILES string of the molecule is CC(=O)CI. The summed E-state index contributed by atoms with van der Waals surface area (Å²) in [5.41, 5.74) is 0. The molecule has 0 rings (SSSR count). The van der Waals surface area contributed by atoms with Gasteiger partial charge in [0, 0.05) is 0 Å². The second-order valence-electron chi connectivity index (χ2n) is 0.836. The summed E-state index contributed by atoms with van der Waals surface area (Å²) in [6, 6.07) is 0. The van der Waals surface area contributed by atoms with E-state index in [9.17, 15) is 4.79 Å². The Bertz CT molecular complexity index is 42.2. The van der Waals surface area contributed by atoms with E-state index in [4.69, 9.17) is 0 Å². The van der Waals surface area contributed by atoms with Gasteiger partial charge in [-0.2, -0.15) is 0 Å². The Morgan fingerprint density at radius 3 is 2.20 bits per heavy atom. The second kappa shape index (κ2) is 2.63. The molecule has 0 N–H and O–H groups in total. The Morgan fingerprint density at radius 2 is 2.20 bits per heavy atom. The number of rotatable bonds is 1. The minimum atomic E-state index is 0.241. The monoisotopic (exact) mass is 184 g/mol. The summed E-state index contributed by atoms with van der Waals surface area (Å²) in [6.07, 6.45) is 0. The van der Waals surface area contributed by atoms with Crippen molar-refractivity contribution in [1.82, 2.24) is 0 Å². The van der Waals surface area contributed by atoms with Crippen LogP contribution in [0.1, 0.15) is 6.92 Å². The first-order chi connectivity index (χ1) is 2.27. The molecule has 0 aliphatic rings. The standard InChI is InChI=1S/C3H5IO/c1-3(5)2-4/h2H2,1H3. The van der Waals surface area contributed by atoms with Crippen molar-refractivity contribution in [3.05, 3.63) is 0 Å². The van der Waals surface area contributed by atoms with Crippen molar-refractivity contribution in [2.45, 2.75) is 6.92 Å². The molecule has 0 bridgehead atoms. The number of halogens is 1. The summed E-state index contributed by atoms with van der Waals surface area (Å²) in [6.45, 7) is 1.58. The number of hydrogen-bond donors (Lipinski definition) is 0. The van der Waals surface area contributed by atoms with Gasteiger partial charge in [0.15, 0.2) is 0 Å². The fourth-order valence-electron chi connectivity index (χ4n) is 0. The largest absolute Gasteiger partial charge is 0.299 e. The summed E-state index contributed by atoms with van der Waals surface area (Å²) in [7, 11) is 0. The number of ketones is 1. The molecule has 1 nitrogen and oxygen atoms in total. The van der Waals surface area contributed by atoms with Crippen molar-refractivity contribution in [2.24, 2.45) is 0 Å². The Hall–Kier alpha value is 0.400. The van der Waals surface area contributed by atoms with Gasteiger partial charge in [-0.25, -0.2) is 0 Å². The van der Waals surface area contributed by atoms with E-state index < -0.39 is 0 Å². The van der Waals surface area contributed by atoms with Crippen LogP contribution >= 0.6 is 22.6 Å². The molecule has 5 heavy (non-hydrogen) atoms. The lowest BCUT2D eigenvalue weighted by molar-refractivity contribution is -0.114. The van der Waals surface area contributed by atoms with Crippen LogP contribution in [-0.4, -0.2) is 10.2 Å². The van der Waals surface area contributed by atoms with Crippen LogP contribution in [0.5, 0.6) is 0 Å². The van der Waals surface area contributed by atoms with E-state index in [0.717, 1.165) is 0 Å². The average molecular weight is 184 g/mol. The molecule has 0 aliphatic heterocycles. The number of carbonyl (C=O) groups excluding carboxylic acids is 1. The maximum atomic E-state index is 9.80. The first-order valence-corrected chi connectivity index (χ1v) is 2.85. The third kappa shape index (κ3) is 4.40. The molecule has 0 saturated carbocycles. The molecule has 0 saturated heterocycles. The van der Waals surface area contributed by atoms with Crippen LogP contribution < -0.4 is 0 Å². The van der Waals surface area contributed by atoms with Gasteiger partial charge in [0.05, 0.1) is 4.43 Å². The zero-order valence-electron chi connectivity index (χ0n) is 2.99. The van der Waals surface area contributed by atoms with Crippen LogP contribution in [0.15, 0.2) is 0 Å². The highest BCUT2D eigenvalue weighted by Crippen LogP contribution is 1.77. The van der Waals surface area contributed by atoms with Crippen molar-refractivity contribution < 1.29 is 4.79 Å². The molecule has 0 fully saturated rings. The van der Waals surface area contributed by atoms with Crippen LogP contribution in [0.2, 0.25) is 0 Å². The van der Waals surface area contributed by atoms with Gasteiger partial charge in [-0.05, 0) is 6.92 Å². The summed E-state index contributed by atoms with van der Waals surface area (Å²) in [5, 5.41) is 0. The van der Waals surface area contributed by atoms with E-state index in [1.54, 1.807) is 6.92 Å². The van der Waals surface area contributed by atoms with Gasteiger partial charge in [0.1, 0.15) is 5.78 Å². The molecule has 0 heterocycles. The van der Waals surface area contributed by atoms with E-state index in [2.05, 4.69) is 0 Å². The maximum absolute atomic E-state index is 9.80. The highest BCUT2D eigenvalue weighted by Gasteiger charge is 1.78. The molecular weight excluding hydrogens is 179 g/mol. The van der Waals surface area contributed by atoms with Crippen LogP contribution in [0, 0.1) is 0 Å². The quantitative estimate of drug-likeness (QED) is 0.439. The number of Topliss-reactive ketones (excluding diaryl/α,β-unsaturated/α-hetero) is 1. The molecule has 0 aromatic heterocycles. The van der Waals surface area contributed by atoms with Crippen LogP contribution in [0.3, 0.4) is 0 Å². The summed E-state index contributed by atoms with van der Waals surface area (Å²) < 4.78 is 0.637. The van der Waals surface area contributed by atoms with Gasteiger partial charge >= 0.3 is 0 Å². The van der Waals surface area contributed by atoms with E-state index >= 15 is 0 Å². The molecule has 30 valence electrons. The molecule has 0 unspecified atom stereocenters. The van der Waals surface area contributed by atoms with E-state index in [1.807, 2.05) is 22.6 Å². The van der Waals surface area contributed by atoms with Crippen molar-refractivity contribution in [3.8, 4) is 0 Å². The lowest BCUT2D eigenvalue weighted by Crippen LogP contribution is -1.85. The smallest absolute Gasteiger partial charge is 0.139 e. The Morgan fingerprint density at radius 1 is 2.00 bits per heavy atom. The first kappa shape index (κ1) is 5.40. The number of alkyl halides is 1. The maximum Gasteiger partial charge on any atom is 0.139 e. The van der Waals surface area contributed by atoms with Crippen LogP contribution in [0.4, 0.5) is 0 Å². The van der Waals surface area contributed by atoms with Crippen LogP contribution in [0.25, 0.3) is 0 Å². The van der Waals surface area contributed by atoms with Crippen molar-refractivity contribution in [3.63, 3.8) is 0 Å². The lowest BCUT2D eigenvalue weighted by Gasteiger charge is -1.69. The molecule has 0 aliphatic carbocycles. The van der Waals surface area contributed by atoms with Crippen LogP contribution in [-0.2, 0) is 4.79 Å². The van der Waals surface area contributed by atoms with Crippen molar-refractivity contribution >= 4 is 28.4 Å².